The van der Waals surface area contributed by atoms with Crippen LogP contribution in [0.5, 0.6) is 0 Å². The van der Waals surface area contributed by atoms with Gasteiger partial charge in [0.15, 0.2) is 11.2 Å². The molecule has 1 aliphatic carbocycles. The van der Waals surface area contributed by atoms with E-state index in [0.717, 1.165) is 52.8 Å². The molecule has 5 rings (SSSR count). The van der Waals surface area contributed by atoms with E-state index in [0.29, 0.717) is 10.6 Å². The Labute approximate surface area is 194 Å². The molecule has 2 aromatic carbocycles. The minimum Gasteiger partial charge on any atom is -0.290 e. The van der Waals surface area contributed by atoms with Gasteiger partial charge in [0.05, 0.1) is 29.6 Å². The number of H-pyrrole nitrogens is 1. The van der Waals surface area contributed by atoms with Gasteiger partial charge >= 0.3 is 5.69 Å². The van der Waals surface area contributed by atoms with Crippen LogP contribution in [0.4, 0.5) is 0 Å². The maximum absolute atomic E-state index is 13.1. The first-order valence-electron chi connectivity index (χ1n) is 10.8. The summed E-state index contributed by atoms with van der Waals surface area (Å²) in [6.45, 7) is 0.123. The van der Waals surface area contributed by atoms with Crippen molar-refractivity contribution in [2.45, 2.75) is 38.1 Å². The first-order valence-corrected chi connectivity index (χ1v) is 11.2. The second kappa shape index (κ2) is 8.64. The van der Waals surface area contributed by atoms with Crippen LogP contribution in [0.3, 0.4) is 0 Å². The van der Waals surface area contributed by atoms with E-state index in [1.807, 2.05) is 18.2 Å². The number of rotatable bonds is 4. The zero-order chi connectivity index (χ0) is 22.9. The number of nitrogens with one attached hydrogen (secondary N) is 1. The fourth-order valence-corrected chi connectivity index (χ4v) is 4.56. The van der Waals surface area contributed by atoms with Gasteiger partial charge < -0.3 is 0 Å². The molecule has 0 fully saturated rings. The van der Waals surface area contributed by atoms with E-state index in [9.17, 15) is 14.9 Å². The molecular weight excluding hydrogens is 438 g/mol. The molecule has 1 N–H and O–H groups in total. The van der Waals surface area contributed by atoms with Crippen molar-refractivity contribution in [1.82, 2.24) is 19.5 Å². The van der Waals surface area contributed by atoms with Gasteiger partial charge in [0.25, 0.3) is 5.56 Å². The number of aromatic amines is 1. The van der Waals surface area contributed by atoms with Crippen molar-refractivity contribution in [2.24, 2.45) is 0 Å². The molecule has 1 unspecified atom stereocenters. The maximum Gasteiger partial charge on any atom is 0.330 e. The summed E-state index contributed by atoms with van der Waals surface area (Å²) in [5, 5.41) is 9.77. The summed E-state index contributed by atoms with van der Waals surface area (Å²) in [5.74, 6) is 0.111. The van der Waals surface area contributed by atoms with Crippen LogP contribution in [0.15, 0.2) is 58.1 Å². The van der Waals surface area contributed by atoms with Gasteiger partial charge in [-0.15, -0.1) is 0 Å². The first kappa shape index (κ1) is 21.1. The number of halogens is 1. The van der Waals surface area contributed by atoms with Gasteiger partial charge in [0.1, 0.15) is 0 Å². The number of hydrogen-bond acceptors (Lipinski definition) is 5. The zero-order valence-corrected chi connectivity index (χ0v) is 18.5. The molecule has 0 saturated heterocycles. The Kier molecular flexibility index (Phi) is 5.53. The van der Waals surface area contributed by atoms with E-state index in [1.165, 1.54) is 0 Å². The lowest BCUT2D eigenvalue weighted by atomic mass is 9.84. The third-order valence-electron chi connectivity index (χ3n) is 6.06. The fraction of sp³-hybridized carbons (Fsp3) is 0.240. The summed E-state index contributed by atoms with van der Waals surface area (Å²) in [6.07, 6.45) is 3.34. The fourth-order valence-electron chi connectivity index (χ4n) is 4.44. The van der Waals surface area contributed by atoms with Crippen molar-refractivity contribution in [3.63, 3.8) is 0 Å². The van der Waals surface area contributed by atoms with Crippen LogP contribution >= 0.6 is 11.6 Å². The minimum absolute atomic E-state index is 0.111. The van der Waals surface area contributed by atoms with Gasteiger partial charge in [0.2, 0.25) is 0 Å². The van der Waals surface area contributed by atoms with E-state index < -0.39 is 11.2 Å². The average Bonchev–Trinajstić information content (AvgIpc) is 2.82. The SMILES string of the molecule is N#Cc1cccc(CC2CCCc3nc4c(=O)n(Cc5ccc(Cl)cc5)c(=O)[nH]c4nc32)c1. The number of fused-ring (bicyclic) bond motifs is 2. The highest BCUT2D eigenvalue weighted by Gasteiger charge is 2.25. The molecule has 2 heterocycles. The van der Waals surface area contributed by atoms with Crippen LogP contribution in [0.1, 0.15) is 46.8 Å². The van der Waals surface area contributed by atoms with E-state index in [2.05, 4.69) is 16.0 Å². The third-order valence-corrected chi connectivity index (χ3v) is 6.31. The van der Waals surface area contributed by atoms with Gasteiger partial charge in [-0.2, -0.15) is 5.26 Å². The monoisotopic (exact) mass is 457 g/mol. The standard InChI is InChI=1S/C25H20ClN5O2/c26-19-9-7-15(8-10-19)14-31-24(32)22-23(30-25(31)33)29-21-18(5-2-6-20(21)28-22)12-16-3-1-4-17(11-16)13-27/h1,3-4,7-11,18H,2,5-6,12,14H2,(H,29,30,33). The molecule has 0 bridgehead atoms. The molecule has 33 heavy (non-hydrogen) atoms. The molecule has 0 amide bonds. The van der Waals surface area contributed by atoms with Crippen LogP contribution < -0.4 is 11.2 Å². The Bertz CT molecular complexity index is 1520. The topological polar surface area (TPSA) is 104 Å². The Balaban J connectivity index is 1.54. The van der Waals surface area contributed by atoms with Gasteiger partial charge in [0, 0.05) is 10.9 Å². The van der Waals surface area contributed by atoms with Gasteiger partial charge in [-0.1, -0.05) is 35.9 Å². The highest BCUT2D eigenvalue weighted by Crippen LogP contribution is 2.32. The highest BCUT2D eigenvalue weighted by molar-refractivity contribution is 6.30. The molecule has 1 atom stereocenters. The van der Waals surface area contributed by atoms with Crippen LogP contribution in [0.2, 0.25) is 5.02 Å². The van der Waals surface area contributed by atoms with Gasteiger partial charge in [-0.3, -0.25) is 14.3 Å². The Hall–Kier alpha value is -3.76. The molecule has 4 aromatic rings. The summed E-state index contributed by atoms with van der Waals surface area (Å²) < 4.78 is 1.14. The summed E-state index contributed by atoms with van der Waals surface area (Å²) in [5.41, 5.74) is 3.51. The van der Waals surface area contributed by atoms with Gasteiger partial charge in [-0.25, -0.2) is 14.8 Å². The van der Waals surface area contributed by atoms with Gasteiger partial charge in [-0.05, 0) is 61.1 Å². The second-order valence-electron chi connectivity index (χ2n) is 8.31. The molecule has 8 heteroatoms. The molecule has 2 aromatic heterocycles. The van der Waals surface area contributed by atoms with Crippen molar-refractivity contribution in [3.05, 3.63) is 102 Å². The van der Waals surface area contributed by atoms with Crippen LogP contribution in [0, 0.1) is 11.3 Å². The van der Waals surface area contributed by atoms with E-state index in [-0.39, 0.29) is 23.6 Å². The smallest absolute Gasteiger partial charge is 0.290 e. The number of hydrogen-bond donors (Lipinski definition) is 1. The summed E-state index contributed by atoms with van der Waals surface area (Å²) in [6, 6.07) is 16.7. The average molecular weight is 458 g/mol. The summed E-state index contributed by atoms with van der Waals surface area (Å²) in [7, 11) is 0. The van der Waals surface area contributed by atoms with Crippen LogP contribution in [-0.4, -0.2) is 19.5 Å². The van der Waals surface area contributed by atoms with Crippen LogP contribution in [0.25, 0.3) is 11.2 Å². The van der Waals surface area contributed by atoms with Crippen molar-refractivity contribution in [2.75, 3.05) is 0 Å². The van der Waals surface area contributed by atoms with Crippen molar-refractivity contribution < 1.29 is 0 Å². The van der Waals surface area contributed by atoms with Crippen molar-refractivity contribution in [1.29, 1.82) is 5.26 Å². The summed E-state index contributed by atoms with van der Waals surface area (Å²) in [4.78, 5) is 38.0. The minimum atomic E-state index is -0.522. The lowest BCUT2D eigenvalue weighted by Gasteiger charge is -2.24. The lowest BCUT2D eigenvalue weighted by molar-refractivity contribution is 0.527. The number of nitriles is 1. The molecule has 0 radical (unpaired) electrons. The Morgan fingerprint density at radius 3 is 2.73 bits per heavy atom. The summed E-state index contributed by atoms with van der Waals surface area (Å²) >= 11 is 5.93. The van der Waals surface area contributed by atoms with E-state index >= 15 is 0 Å². The second-order valence-corrected chi connectivity index (χ2v) is 8.74. The Morgan fingerprint density at radius 1 is 1.12 bits per heavy atom. The van der Waals surface area contributed by atoms with Crippen LogP contribution in [-0.2, 0) is 19.4 Å². The van der Waals surface area contributed by atoms with Crippen molar-refractivity contribution >= 4 is 22.8 Å². The number of aryl methyl sites for hydroxylation is 1. The molecule has 164 valence electrons. The number of nitrogens with zero attached hydrogens (tertiary/aromatic N) is 4. The lowest BCUT2D eigenvalue weighted by Crippen LogP contribution is -2.36. The largest absolute Gasteiger partial charge is 0.330 e. The predicted octanol–water partition coefficient (Wildman–Crippen LogP) is 3.72. The van der Waals surface area contributed by atoms with E-state index in [1.54, 1.807) is 30.3 Å². The molecular formula is C25H20ClN5O2. The van der Waals surface area contributed by atoms with Crippen molar-refractivity contribution in [3.8, 4) is 6.07 Å². The molecule has 0 saturated carbocycles. The molecule has 7 nitrogen and oxygen atoms in total. The zero-order valence-electron chi connectivity index (χ0n) is 17.7. The first-order chi connectivity index (χ1) is 16.0. The number of aromatic nitrogens is 4. The number of benzene rings is 2. The molecule has 0 spiro atoms. The Morgan fingerprint density at radius 2 is 1.94 bits per heavy atom. The molecule has 1 aliphatic rings. The van der Waals surface area contributed by atoms with E-state index in [4.69, 9.17) is 16.6 Å². The maximum atomic E-state index is 13.1. The quantitative estimate of drug-likeness (QED) is 0.503. The third kappa shape index (κ3) is 4.18. The molecule has 0 aliphatic heterocycles. The predicted molar refractivity (Wildman–Crippen MR) is 126 cm³/mol. The normalized spacial score (nSPS) is 15.2. The highest BCUT2D eigenvalue weighted by atomic mass is 35.5.